The second-order valence-corrected chi connectivity index (χ2v) is 7.98. The van der Waals surface area contributed by atoms with E-state index < -0.39 is 0 Å². The smallest absolute Gasteiger partial charge is 0.0543 e. The second kappa shape index (κ2) is 12.5. The second-order valence-electron chi connectivity index (χ2n) is 7.98. The van der Waals surface area contributed by atoms with E-state index in [1.165, 1.54) is 33.6 Å². The zero-order chi connectivity index (χ0) is 21.3. The summed E-state index contributed by atoms with van der Waals surface area (Å²) in [5, 5.41) is 7.28. The molecule has 0 aliphatic heterocycles. The standard InChI is InChI=1S/C26H34N4.Mn/c1-20-9-7-10-21(2)25(20)28-15-17-30(19-24-13-5-6-14-27-24)18-16-29-26-22(3)11-8-12-23(26)4;/h5-14,28-29H,15-19H2,1-4H3;. The van der Waals surface area contributed by atoms with Gasteiger partial charge in [-0.3, -0.25) is 9.88 Å². The van der Waals surface area contributed by atoms with E-state index >= 15 is 0 Å². The van der Waals surface area contributed by atoms with Crippen molar-refractivity contribution < 1.29 is 17.1 Å². The van der Waals surface area contributed by atoms with Gasteiger partial charge in [0, 0.05) is 67.4 Å². The van der Waals surface area contributed by atoms with Crippen molar-refractivity contribution in [2.75, 3.05) is 36.8 Å². The van der Waals surface area contributed by atoms with Gasteiger partial charge in [0.1, 0.15) is 0 Å². The number of rotatable bonds is 10. The van der Waals surface area contributed by atoms with E-state index in [1.54, 1.807) is 0 Å². The van der Waals surface area contributed by atoms with Crippen molar-refractivity contribution in [2.45, 2.75) is 34.2 Å². The first-order valence-corrected chi connectivity index (χ1v) is 10.8. The number of hydrogen-bond acceptors (Lipinski definition) is 4. The number of pyridine rings is 1. The molecule has 31 heavy (non-hydrogen) atoms. The molecular weight excluding hydrogens is 423 g/mol. The molecular formula is C26H34MnN4. The number of nitrogens with one attached hydrogen (secondary N) is 2. The van der Waals surface area contributed by atoms with Crippen molar-refractivity contribution in [3.63, 3.8) is 0 Å². The van der Waals surface area contributed by atoms with Crippen LogP contribution in [0.3, 0.4) is 0 Å². The van der Waals surface area contributed by atoms with Crippen LogP contribution >= 0.6 is 0 Å². The summed E-state index contributed by atoms with van der Waals surface area (Å²) in [6.07, 6.45) is 1.87. The molecule has 0 aliphatic carbocycles. The predicted octanol–water partition coefficient (Wildman–Crippen LogP) is 5.34. The van der Waals surface area contributed by atoms with Crippen molar-refractivity contribution >= 4 is 11.4 Å². The summed E-state index contributed by atoms with van der Waals surface area (Å²) in [4.78, 5) is 6.99. The minimum atomic E-state index is 0. The number of para-hydroxylation sites is 2. The Balaban J connectivity index is 0.00000341. The maximum Gasteiger partial charge on any atom is 0.0543 e. The summed E-state index contributed by atoms with van der Waals surface area (Å²) in [5.41, 5.74) is 8.79. The number of benzene rings is 2. The molecule has 5 heteroatoms. The maximum absolute atomic E-state index is 4.53. The quantitative estimate of drug-likeness (QED) is 0.403. The molecule has 4 nitrogen and oxygen atoms in total. The summed E-state index contributed by atoms with van der Waals surface area (Å²) >= 11 is 0. The van der Waals surface area contributed by atoms with Crippen LogP contribution in [0, 0.1) is 27.7 Å². The van der Waals surface area contributed by atoms with Gasteiger partial charge in [-0.15, -0.1) is 0 Å². The third-order valence-electron chi connectivity index (χ3n) is 5.53. The molecule has 0 saturated carbocycles. The monoisotopic (exact) mass is 457 g/mol. The third kappa shape index (κ3) is 7.39. The zero-order valence-electron chi connectivity index (χ0n) is 19.1. The van der Waals surface area contributed by atoms with Crippen molar-refractivity contribution in [3.05, 3.63) is 88.7 Å². The Morgan fingerprint density at radius 1 is 0.677 bits per heavy atom. The minimum absolute atomic E-state index is 0. The SMILES string of the molecule is Cc1cccc(C)c1NCCN(CCNc1c(C)cccc1C)Cc1ccccn1.[Mn]. The molecule has 0 fully saturated rings. The van der Waals surface area contributed by atoms with E-state index in [1.807, 2.05) is 12.3 Å². The fraction of sp³-hybridized carbons (Fsp3) is 0.346. The molecule has 1 aromatic heterocycles. The van der Waals surface area contributed by atoms with Crippen LogP contribution in [-0.4, -0.2) is 36.1 Å². The van der Waals surface area contributed by atoms with E-state index in [0.29, 0.717) is 0 Å². The zero-order valence-corrected chi connectivity index (χ0v) is 20.3. The molecule has 0 aliphatic rings. The molecule has 0 saturated heterocycles. The van der Waals surface area contributed by atoms with Gasteiger partial charge in [-0.2, -0.15) is 0 Å². The third-order valence-corrected chi connectivity index (χ3v) is 5.53. The first-order chi connectivity index (χ1) is 14.5. The van der Waals surface area contributed by atoms with Crippen LogP contribution in [-0.2, 0) is 23.6 Å². The fourth-order valence-corrected chi connectivity index (χ4v) is 3.86. The van der Waals surface area contributed by atoms with E-state index in [-0.39, 0.29) is 17.1 Å². The number of aryl methyl sites for hydroxylation is 4. The number of anilines is 2. The summed E-state index contributed by atoms with van der Waals surface area (Å²) in [6.45, 7) is 13.2. The van der Waals surface area contributed by atoms with Gasteiger partial charge in [0.25, 0.3) is 0 Å². The van der Waals surface area contributed by atoms with Gasteiger partial charge in [0.15, 0.2) is 0 Å². The first-order valence-electron chi connectivity index (χ1n) is 10.8. The molecule has 0 spiro atoms. The van der Waals surface area contributed by atoms with Crippen LogP contribution < -0.4 is 10.6 Å². The predicted molar refractivity (Wildman–Crippen MR) is 128 cm³/mol. The molecule has 1 radical (unpaired) electrons. The Bertz CT molecular complexity index is 845. The van der Waals surface area contributed by atoms with Crippen molar-refractivity contribution in [1.82, 2.24) is 9.88 Å². The van der Waals surface area contributed by atoms with Crippen LogP contribution in [0.1, 0.15) is 27.9 Å². The van der Waals surface area contributed by atoms with Gasteiger partial charge in [-0.05, 0) is 62.1 Å². The average Bonchev–Trinajstić information content (AvgIpc) is 2.73. The molecule has 0 atom stereocenters. The maximum atomic E-state index is 4.53. The van der Waals surface area contributed by atoms with Crippen LogP contribution in [0.2, 0.25) is 0 Å². The average molecular weight is 458 g/mol. The largest absolute Gasteiger partial charge is 0.383 e. The Hall–Kier alpha value is -2.33. The van der Waals surface area contributed by atoms with Gasteiger partial charge in [-0.25, -0.2) is 0 Å². The van der Waals surface area contributed by atoms with Crippen molar-refractivity contribution in [1.29, 1.82) is 0 Å². The Morgan fingerprint density at radius 3 is 1.58 bits per heavy atom. The summed E-state index contributed by atoms with van der Waals surface area (Å²) < 4.78 is 0. The van der Waals surface area contributed by atoms with Crippen LogP contribution in [0.5, 0.6) is 0 Å². The summed E-state index contributed by atoms with van der Waals surface area (Å²) in [6, 6.07) is 19.0. The van der Waals surface area contributed by atoms with Gasteiger partial charge in [0.2, 0.25) is 0 Å². The molecule has 3 rings (SSSR count). The Morgan fingerprint density at radius 2 is 1.16 bits per heavy atom. The van der Waals surface area contributed by atoms with Gasteiger partial charge in [-0.1, -0.05) is 42.5 Å². The minimum Gasteiger partial charge on any atom is -0.383 e. The van der Waals surface area contributed by atoms with Crippen LogP contribution in [0.15, 0.2) is 60.8 Å². The Kier molecular flexibility index (Phi) is 10.1. The van der Waals surface area contributed by atoms with Crippen LogP contribution in [0.25, 0.3) is 0 Å². The van der Waals surface area contributed by atoms with Crippen LogP contribution in [0.4, 0.5) is 11.4 Å². The van der Waals surface area contributed by atoms with Crippen molar-refractivity contribution in [2.24, 2.45) is 0 Å². The molecule has 0 amide bonds. The topological polar surface area (TPSA) is 40.2 Å². The number of aromatic nitrogens is 1. The molecule has 165 valence electrons. The fourth-order valence-electron chi connectivity index (χ4n) is 3.86. The van der Waals surface area contributed by atoms with E-state index in [9.17, 15) is 0 Å². The normalized spacial score (nSPS) is 10.6. The molecule has 2 N–H and O–H groups in total. The molecule has 1 heterocycles. The number of hydrogen-bond donors (Lipinski definition) is 2. The van der Waals surface area contributed by atoms with Gasteiger partial charge >= 0.3 is 0 Å². The molecule has 3 aromatic rings. The molecule has 2 aromatic carbocycles. The van der Waals surface area contributed by atoms with E-state index in [0.717, 1.165) is 38.4 Å². The van der Waals surface area contributed by atoms with Gasteiger partial charge < -0.3 is 10.6 Å². The summed E-state index contributed by atoms with van der Waals surface area (Å²) in [7, 11) is 0. The Labute approximate surface area is 198 Å². The number of nitrogens with zero attached hydrogens (tertiary/aromatic N) is 2. The summed E-state index contributed by atoms with van der Waals surface area (Å²) in [5.74, 6) is 0. The van der Waals surface area contributed by atoms with Gasteiger partial charge in [0.05, 0.1) is 5.69 Å². The van der Waals surface area contributed by atoms with E-state index in [4.69, 9.17) is 0 Å². The van der Waals surface area contributed by atoms with Crippen molar-refractivity contribution in [3.8, 4) is 0 Å². The van der Waals surface area contributed by atoms with E-state index in [2.05, 4.69) is 96.7 Å². The molecule has 0 bridgehead atoms. The molecule has 0 unspecified atom stereocenters. The first kappa shape index (κ1) is 24.9.